The van der Waals surface area contributed by atoms with Crippen LogP contribution in [-0.4, -0.2) is 50.0 Å². The number of anilines is 1. The van der Waals surface area contributed by atoms with Crippen molar-refractivity contribution in [1.29, 1.82) is 0 Å². The van der Waals surface area contributed by atoms with Crippen LogP contribution >= 0.6 is 0 Å². The Morgan fingerprint density at radius 3 is 2.28 bits per heavy atom. The van der Waals surface area contributed by atoms with Gasteiger partial charge in [-0.15, -0.1) is 0 Å². The van der Waals surface area contributed by atoms with Crippen molar-refractivity contribution >= 4 is 27.5 Å². The minimum absolute atomic E-state index is 0.0383. The Kier molecular flexibility index (Phi) is 10.5. The molecule has 2 aromatic rings. The topological polar surface area (TPSA) is 86.8 Å². The van der Waals surface area contributed by atoms with E-state index in [2.05, 4.69) is 5.32 Å². The summed E-state index contributed by atoms with van der Waals surface area (Å²) in [6.07, 6.45) is 2.24. The summed E-state index contributed by atoms with van der Waals surface area (Å²) >= 11 is 0. The van der Waals surface area contributed by atoms with Gasteiger partial charge in [0, 0.05) is 25.6 Å². The molecule has 0 aliphatic heterocycles. The van der Waals surface area contributed by atoms with E-state index in [4.69, 9.17) is 0 Å². The third kappa shape index (κ3) is 8.33. The predicted molar refractivity (Wildman–Crippen MR) is 142 cm³/mol. The van der Waals surface area contributed by atoms with Gasteiger partial charge in [-0.3, -0.25) is 13.9 Å². The number of nitrogens with one attached hydrogen (secondary N) is 1. The van der Waals surface area contributed by atoms with Crippen LogP contribution in [0.25, 0.3) is 0 Å². The Balaban J connectivity index is 2.20. The van der Waals surface area contributed by atoms with Gasteiger partial charge >= 0.3 is 0 Å². The van der Waals surface area contributed by atoms with Gasteiger partial charge in [-0.05, 0) is 75.4 Å². The zero-order chi connectivity index (χ0) is 27.0. The smallest absolute Gasteiger partial charge is 0.242 e. The molecule has 0 unspecified atom stereocenters. The predicted octanol–water partition coefficient (Wildman–Crippen LogP) is 4.32. The van der Waals surface area contributed by atoms with Gasteiger partial charge < -0.3 is 10.2 Å². The number of hydrogen-bond donors (Lipinski definition) is 1. The maximum Gasteiger partial charge on any atom is 0.242 e. The molecule has 0 radical (unpaired) electrons. The summed E-state index contributed by atoms with van der Waals surface area (Å²) in [7, 11) is -3.57. The van der Waals surface area contributed by atoms with Gasteiger partial charge in [0.05, 0.1) is 11.9 Å². The first-order chi connectivity index (χ1) is 16.8. The molecule has 0 aromatic heterocycles. The van der Waals surface area contributed by atoms with Crippen LogP contribution in [0.4, 0.5) is 10.1 Å². The molecule has 2 aromatic carbocycles. The maximum absolute atomic E-state index is 13.4. The summed E-state index contributed by atoms with van der Waals surface area (Å²) in [5, 5.41) is 2.91. The fraction of sp³-hybridized carbons (Fsp3) is 0.481. The Morgan fingerprint density at radius 2 is 1.69 bits per heavy atom. The van der Waals surface area contributed by atoms with Gasteiger partial charge in [-0.2, -0.15) is 0 Å². The molecule has 9 heteroatoms. The molecule has 1 N–H and O–H groups in total. The molecule has 0 heterocycles. The maximum atomic E-state index is 13.4. The average Bonchev–Trinajstić information content (AvgIpc) is 2.81. The van der Waals surface area contributed by atoms with Crippen molar-refractivity contribution in [2.24, 2.45) is 0 Å². The van der Waals surface area contributed by atoms with Crippen LogP contribution in [0.2, 0.25) is 0 Å². The Hall–Kier alpha value is -2.94. The lowest BCUT2D eigenvalue weighted by atomic mass is 10.1. The number of amides is 2. The molecule has 0 spiro atoms. The number of sulfonamides is 1. The average molecular weight is 520 g/mol. The zero-order valence-corrected chi connectivity index (χ0v) is 22.9. The molecule has 2 amide bonds. The Bertz CT molecular complexity index is 1150. The molecular formula is C27H38FN3O4S. The van der Waals surface area contributed by atoms with Crippen molar-refractivity contribution in [3.63, 3.8) is 0 Å². The molecule has 7 nitrogen and oxygen atoms in total. The highest BCUT2D eigenvalue weighted by molar-refractivity contribution is 7.92. The normalized spacial score (nSPS) is 13.1. The lowest BCUT2D eigenvalue weighted by Gasteiger charge is -2.30. The van der Waals surface area contributed by atoms with E-state index in [0.717, 1.165) is 23.8 Å². The highest BCUT2D eigenvalue weighted by atomic mass is 32.2. The van der Waals surface area contributed by atoms with Crippen molar-refractivity contribution in [3.8, 4) is 0 Å². The summed E-state index contributed by atoms with van der Waals surface area (Å²) in [6, 6.07) is 10.6. The summed E-state index contributed by atoms with van der Waals surface area (Å²) < 4.78 is 39.8. The second-order valence-corrected chi connectivity index (χ2v) is 11.3. The number of carbonyl (C=O) groups excluding carboxylic acids is 2. The third-order valence-corrected chi connectivity index (χ3v) is 7.40. The van der Waals surface area contributed by atoms with Gasteiger partial charge in [0.15, 0.2) is 0 Å². The van der Waals surface area contributed by atoms with E-state index in [1.807, 2.05) is 45.9 Å². The van der Waals surface area contributed by atoms with Crippen LogP contribution in [0.3, 0.4) is 0 Å². The zero-order valence-electron chi connectivity index (χ0n) is 22.0. The first-order valence-electron chi connectivity index (χ1n) is 12.2. The largest absolute Gasteiger partial charge is 0.352 e. The number of rotatable bonds is 12. The van der Waals surface area contributed by atoms with E-state index in [1.165, 1.54) is 21.3 Å². The fourth-order valence-electron chi connectivity index (χ4n) is 3.81. The Morgan fingerprint density at radius 1 is 1.06 bits per heavy atom. The molecule has 0 bridgehead atoms. The lowest BCUT2D eigenvalue weighted by Crippen LogP contribution is -2.49. The Labute approximate surface area is 214 Å². The van der Waals surface area contributed by atoms with Crippen molar-refractivity contribution < 1.29 is 22.4 Å². The van der Waals surface area contributed by atoms with E-state index in [-0.39, 0.29) is 49.6 Å². The third-order valence-electron chi connectivity index (χ3n) is 6.22. The van der Waals surface area contributed by atoms with Crippen molar-refractivity contribution in [2.45, 2.75) is 72.5 Å². The molecule has 198 valence electrons. The van der Waals surface area contributed by atoms with Crippen molar-refractivity contribution in [2.75, 3.05) is 17.1 Å². The van der Waals surface area contributed by atoms with E-state index in [0.29, 0.717) is 11.3 Å². The summed E-state index contributed by atoms with van der Waals surface area (Å²) in [4.78, 5) is 27.6. The molecule has 0 aliphatic rings. The number of halogens is 1. The SMILES string of the molecule is CC[C@@H](C)NC(=O)[C@H](C)N(Cc1ccc(F)cc1)C(=O)CCCN(c1cc(C)ccc1C)S(C)(=O)=O. The van der Waals surface area contributed by atoms with Gasteiger partial charge in [0.25, 0.3) is 0 Å². The summed E-state index contributed by atoms with van der Waals surface area (Å²) in [5.74, 6) is -0.931. The van der Waals surface area contributed by atoms with Crippen LogP contribution in [0.15, 0.2) is 42.5 Å². The number of benzene rings is 2. The van der Waals surface area contributed by atoms with Gasteiger partial charge in [0.2, 0.25) is 21.8 Å². The molecule has 0 saturated heterocycles. The number of hydrogen-bond acceptors (Lipinski definition) is 4. The molecule has 0 aliphatic carbocycles. The first-order valence-corrected chi connectivity index (χ1v) is 14.1. The molecular weight excluding hydrogens is 481 g/mol. The van der Waals surface area contributed by atoms with Crippen LogP contribution in [-0.2, 0) is 26.2 Å². The van der Waals surface area contributed by atoms with Crippen LogP contribution in [0.1, 0.15) is 56.7 Å². The molecule has 2 rings (SSSR count). The van der Waals surface area contributed by atoms with Gasteiger partial charge in [0.1, 0.15) is 11.9 Å². The number of aryl methyl sites for hydroxylation is 2. The van der Waals surface area contributed by atoms with Gasteiger partial charge in [-0.25, -0.2) is 12.8 Å². The minimum Gasteiger partial charge on any atom is -0.352 e. The quantitative estimate of drug-likeness (QED) is 0.453. The highest BCUT2D eigenvalue weighted by Crippen LogP contribution is 2.24. The minimum atomic E-state index is -3.57. The monoisotopic (exact) mass is 519 g/mol. The summed E-state index contributed by atoms with van der Waals surface area (Å²) in [5.41, 5.74) is 3.05. The standard InChI is InChI=1S/C27H38FN3O4S/c1-7-21(4)29-27(33)22(5)30(18-23-12-14-24(28)15-13-23)26(32)9-8-16-31(36(6,34)35)25-17-19(2)10-11-20(25)3/h10-15,17,21-22H,7-9,16,18H2,1-6H3,(H,29,33)/t21-,22+/m1/s1. The van der Waals surface area contributed by atoms with Crippen molar-refractivity contribution in [1.82, 2.24) is 10.2 Å². The lowest BCUT2D eigenvalue weighted by molar-refractivity contribution is -0.140. The number of carbonyl (C=O) groups is 2. The first kappa shape index (κ1) is 29.3. The van der Waals surface area contributed by atoms with Gasteiger partial charge in [-0.1, -0.05) is 31.2 Å². The highest BCUT2D eigenvalue weighted by Gasteiger charge is 2.27. The molecule has 36 heavy (non-hydrogen) atoms. The van der Waals surface area contributed by atoms with Crippen LogP contribution < -0.4 is 9.62 Å². The van der Waals surface area contributed by atoms with E-state index in [9.17, 15) is 22.4 Å². The second-order valence-electron chi connectivity index (χ2n) is 9.37. The fourth-order valence-corrected chi connectivity index (χ4v) is 4.82. The molecule has 0 fully saturated rings. The number of nitrogens with zero attached hydrogens (tertiary/aromatic N) is 2. The van der Waals surface area contributed by atoms with E-state index in [1.54, 1.807) is 19.1 Å². The summed E-state index contributed by atoms with van der Waals surface area (Å²) in [6.45, 7) is 9.53. The molecule has 2 atom stereocenters. The van der Waals surface area contributed by atoms with Crippen LogP contribution in [0, 0.1) is 19.7 Å². The molecule has 0 saturated carbocycles. The van der Waals surface area contributed by atoms with Crippen molar-refractivity contribution in [3.05, 3.63) is 65.0 Å². The van der Waals surface area contributed by atoms with E-state index >= 15 is 0 Å². The second kappa shape index (κ2) is 12.9. The van der Waals surface area contributed by atoms with E-state index < -0.39 is 16.1 Å². The van der Waals surface area contributed by atoms with Crippen LogP contribution in [0.5, 0.6) is 0 Å².